The zero-order valence-corrected chi connectivity index (χ0v) is 15.6. The average molecular weight is 384 g/mol. The van der Waals surface area contributed by atoms with Crippen LogP contribution in [-0.4, -0.2) is 40.7 Å². The zero-order chi connectivity index (χ0) is 18.6. The summed E-state index contributed by atoms with van der Waals surface area (Å²) in [5.41, 5.74) is 2.93. The van der Waals surface area contributed by atoms with E-state index < -0.39 is 0 Å². The van der Waals surface area contributed by atoms with E-state index in [1.54, 1.807) is 0 Å². The maximum atomic E-state index is 12.3. The molecule has 0 atom stereocenters. The van der Waals surface area contributed by atoms with Crippen LogP contribution in [0.5, 0.6) is 0 Å². The van der Waals surface area contributed by atoms with Crippen molar-refractivity contribution in [2.24, 2.45) is 5.10 Å². The number of carbonyl (C=O) groups excluding carboxylic acids is 2. The van der Waals surface area contributed by atoms with Crippen molar-refractivity contribution in [1.82, 2.24) is 9.99 Å². The summed E-state index contributed by atoms with van der Waals surface area (Å²) in [6, 6.07) is 9.83. The maximum absolute atomic E-state index is 12.3. The molecule has 1 aromatic carbocycles. The lowest BCUT2D eigenvalue weighted by Crippen LogP contribution is -2.24. The number of nitrogens with zero attached hydrogens (tertiary/aromatic N) is 3. The Labute approximate surface area is 161 Å². The molecule has 0 fully saturated rings. The van der Waals surface area contributed by atoms with Crippen LogP contribution >= 0.6 is 11.3 Å². The number of aromatic nitrogens is 1. The molecular weight excluding hydrogens is 364 g/mol. The summed E-state index contributed by atoms with van der Waals surface area (Å²) in [4.78, 5) is 30.0. The largest absolute Gasteiger partial charge is 0.375 e. The molecule has 2 aliphatic rings. The van der Waals surface area contributed by atoms with Gasteiger partial charge in [0.25, 0.3) is 0 Å². The molecule has 0 unspecified atom stereocenters. The molecule has 8 heteroatoms. The molecule has 0 spiro atoms. The summed E-state index contributed by atoms with van der Waals surface area (Å²) in [5, 5.41) is 9.24. The van der Waals surface area contributed by atoms with Gasteiger partial charge in [-0.3, -0.25) is 9.59 Å². The standard InChI is InChI=1S/C19H20N4O3S/c24-17(21-19-20-15-9-11-26-12-16(15)27-19)6-7-18(25)23-10-8-14(22-23)13-4-2-1-3-5-13/h1-5H,6-12H2,(H,20,21,24). The van der Waals surface area contributed by atoms with Crippen molar-refractivity contribution in [2.45, 2.75) is 32.3 Å². The number of hydrogen-bond acceptors (Lipinski definition) is 6. The first-order valence-electron chi connectivity index (χ1n) is 8.98. The molecule has 27 heavy (non-hydrogen) atoms. The first-order chi connectivity index (χ1) is 13.2. The Morgan fingerprint density at radius 1 is 1.19 bits per heavy atom. The molecule has 2 amide bonds. The van der Waals surface area contributed by atoms with Crippen LogP contribution in [0.25, 0.3) is 0 Å². The van der Waals surface area contributed by atoms with Crippen LogP contribution in [-0.2, 0) is 27.4 Å². The summed E-state index contributed by atoms with van der Waals surface area (Å²) in [6.07, 6.45) is 1.75. The second kappa shape index (κ2) is 7.98. The average Bonchev–Trinajstić information content (AvgIpc) is 3.33. The van der Waals surface area contributed by atoms with Gasteiger partial charge in [-0.15, -0.1) is 0 Å². The van der Waals surface area contributed by atoms with Crippen molar-refractivity contribution >= 4 is 34.0 Å². The highest BCUT2D eigenvalue weighted by Gasteiger charge is 2.22. The van der Waals surface area contributed by atoms with Gasteiger partial charge in [-0.1, -0.05) is 41.7 Å². The van der Waals surface area contributed by atoms with Gasteiger partial charge in [0, 0.05) is 25.7 Å². The number of hydrogen-bond donors (Lipinski definition) is 1. The zero-order valence-electron chi connectivity index (χ0n) is 14.8. The van der Waals surface area contributed by atoms with E-state index in [4.69, 9.17) is 4.74 Å². The van der Waals surface area contributed by atoms with Gasteiger partial charge in [0.2, 0.25) is 11.8 Å². The predicted octanol–water partition coefficient (Wildman–Crippen LogP) is 2.57. The van der Waals surface area contributed by atoms with Crippen molar-refractivity contribution in [2.75, 3.05) is 18.5 Å². The van der Waals surface area contributed by atoms with E-state index in [1.807, 2.05) is 30.3 Å². The van der Waals surface area contributed by atoms with Gasteiger partial charge in [-0.2, -0.15) is 5.10 Å². The van der Waals surface area contributed by atoms with E-state index >= 15 is 0 Å². The van der Waals surface area contributed by atoms with Crippen molar-refractivity contribution in [3.63, 3.8) is 0 Å². The van der Waals surface area contributed by atoms with Crippen molar-refractivity contribution < 1.29 is 14.3 Å². The number of benzene rings is 1. The number of thiazole rings is 1. The molecule has 2 aromatic rings. The van der Waals surface area contributed by atoms with Crippen molar-refractivity contribution in [3.05, 3.63) is 46.5 Å². The quantitative estimate of drug-likeness (QED) is 0.859. The highest BCUT2D eigenvalue weighted by Crippen LogP contribution is 2.27. The van der Waals surface area contributed by atoms with Crippen LogP contribution in [0.2, 0.25) is 0 Å². The molecule has 3 heterocycles. The third-order valence-electron chi connectivity index (χ3n) is 4.50. The lowest BCUT2D eigenvalue weighted by molar-refractivity contribution is -0.132. The minimum absolute atomic E-state index is 0.117. The number of rotatable bonds is 5. The molecule has 1 N–H and O–H groups in total. The highest BCUT2D eigenvalue weighted by molar-refractivity contribution is 7.15. The molecule has 0 saturated carbocycles. The molecule has 7 nitrogen and oxygen atoms in total. The van der Waals surface area contributed by atoms with Crippen molar-refractivity contribution in [3.8, 4) is 0 Å². The Bertz CT molecular complexity index is 855. The second-order valence-electron chi connectivity index (χ2n) is 6.42. The topological polar surface area (TPSA) is 83.9 Å². The lowest BCUT2D eigenvalue weighted by Gasteiger charge is -2.10. The third-order valence-corrected chi connectivity index (χ3v) is 5.49. The predicted molar refractivity (Wildman–Crippen MR) is 103 cm³/mol. The van der Waals surface area contributed by atoms with E-state index in [9.17, 15) is 9.59 Å². The van der Waals surface area contributed by atoms with Gasteiger partial charge in [0.15, 0.2) is 5.13 Å². The van der Waals surface area contributed by atoms with Gasteiger partial charge in [0.05, 0.1) is 36.0 Å². The van der Waals surface area contributed by atoms with Gasteiger partial charge >= 0.3 is 0 Å². The summed E-state index contributed by atoms with van der Waals surface area (Å²) in [7, 11) is 0. The van der Waals surface area contributed by atoms with E-state index in [2.05, 4.69) is 15.4 Å². The number of carbonyl (C=O) groups is 2. The Kier molecular flexibility index (Phi) is 5.26. The highest BCUT2D eigenvalue weighted by atomic mass is 32.1. The normalized spacial score (nSPS) is 16.0. The lowest BCUT2D eigenvalue weighted by atomic mass is 10.1. The fraction of sp³-hybridized carbons (Fsp3) is 0.368. The molecule has 4 rings (SSSR count). The first kappa shape index (κ1) is 17.8. The second-order valence-corrected chi connectivity index (χ2v) is 7.50. The fourth-order valence-corrected chi connectivity index (χ4v) is 4.04. The first-order valence-corrected chi connectivity index (χ1v) is 9.80. The monoisotopic (exact) mass is 384 g/mol. The summed E-state index contributed by atoms with van der Waals surface area (Å²) < 4.78 is 5.39. The van der Waals surface area contributed by atoms with Crippen LogP contribution in [0.3, 0.4) is 0 Å². The maximum Gasteiger partial charge on any atom is 0.243 e. The number of ether oxygens (including phenoxy) is 1. The molecular formula is C19H20N4O3S. The Hall–Kier alpha value is -2.58. The van der Waals surface area contributed by atoms with Crippen molar-refractivity contribution in [1.29, 1.82) is 0 Å². The van der Waals surface area contributed by atoms with Gasteiger partial charge in [0.1, 0.15) is 0 Å². The fourth-order valence-electron chi connectivity index (χ4n) is 3.08. The van der Waals surface area contributed by atoms with Gasteiger partial charge in [-0.05, 0) is 5.56 Å². The molecule has 0 radical (unpaired) electrons. The number of anilines is 1. The Balaban J connectivity index is 1.28. The third kappa shape index (κ3) is 4.23. The minimum Gasteiger partial charge on any atom is -0.375 e. The molecule has 0 aliphatic carbocycles. The molecule has 1 aromatic heterocycles. The van der Waals surface area contributed by atoms with E-state index in [0.717, 1.165) is 34.7 Å². The van der Waals surface area contributed by atoms with E-state index in [1.165, 1.54) is 16.3 Å². The molecule has 0 bridgehead atoms. The smallest absolute Gasteiger partial charge is 0.243 e. The van der Waals surface area contributed by atoms with Gasteiger partial charge in [-0.25, -0.2) is 9.99 Å². The number of nitrogens with one attached hydrogen (secondary N) is 1. The summed E-state index contributed by atoms with van der Waals surface area (Å²) in [5.74, 6) is -0.343. The summed E-state index contributed by atoms with van der Waals surface area (Å²) >= 11 is 1.44. The SMILES string of the molecule is O=C(CCC(=O)N1CCC(c2ccccc2)=N1)Nc1nc2c(s1)COCC2. The number of amides is 2. The van der Waals surface area contributed by atoms with Crippen LogP contribution in [0.4, 0.5) is 5.13 Å². The van der Waals surface area contributed by atoms with Crippen LogP contribution in [0, 0.1) is 0 Å². The summed E-state index contributed by atoms with van der Waals surface area (Å²) in [6.45, 7) is 1.78. The van der Waals surface area contributed by atoms with Crippen LogP contribution in [0.1, 0.15) is 35.4 Å². The molecule has 0 saturated heterocycles. The number of hydrazone groups is 1. The van der Waals surface area contributed by atoms with E-state index in [0.29, 0.717) is 24.9 Å². The van der Waals surface area contributed by atoms with Crippen LogP contribution < -0.4 is 5.32 Å². The van der Waals surface area contributed by atoms with Gasteiger partial charge < -0.3 is 10.1 Å². The molecule has 2 aliphatic heterocycles. The molecule has 140 valence electrons. The number of fused-ring (bicyclic) bond motifs is 1. The van der Waals surface area contributed by atoms with Crippen LogP contribution in [0.15, 0.2) is 35.4 Å². The Morgan fingerprint density at radius 3 is 2.85 bits per heavy atom. The van der Waals surface area contributed by atoms with E-state index in [-0.39, 0.29) is 24.7 Å². The minimum atomic E-state index is -0.207. The Morgan fingerprint density at radius 2 is 2.04 bits per heavy atom.